The molecule has 0 aromatic carbocycles. The standard InChI is InChI=1S/C9H10N4S2/c10-4-8-7(2-1-3-11-8)5-14-9-12-6-13-15-9/h1-3,6H,4-5,10H2. The Kier molecular flexibility index (Phi) is 3.65. The molecule has 0 aliphatic heterocycles. The summed E-state index contributed by atoms with van der Waals surface area (Å²) in [6, 6.07) is 3.97. The summed E-state index contributed by atoms with van der Waals surface area (Å²) in [5, 5.41) is 0. The lowest BCUT2D eigenvalue weighted by Crippen LogP contribution is -2.03. The highest BCUT2D eigenvalue weighted by atomic mass is 32.2. The molecule has 0 radical (unpaired) electrons. The number of rotatable bonds is 4. The highest BCUT2D eigenvalue weighted by molar-refractivity contribution is 8.00. The molecule has 0 saturated heterocycles. The van der Waals surface area contributed by atoms with E-state index in [0.29, 0.717) is 6.54 Å². The number of nitrogens with two attached hydrogens (primary N) is 1. The molecule has 0 amide bonds. The lowest BCUT2D eigenvalue weighted by atomic mass is 10.2. The molecule has 0 aliphatic carbocycles. The predicted octanol–water partition coefficient (Wildman–Crippen LogP) is 1.68. The van der Waals surface area contributed by atoms with Crippen LogP contribution >= 0.6 is 23.3 Å². The fourth-order valence-corrected chi connectivity index (χ4v) is 2.61. The summed E-state index contributed by atoms with van der Waals surface area (Å²) in [5.41, 5.74) is 7.72. The van der Waals surface area contributed by atoms with Crippen LogP contribution in [0.5, 0.6) is 0 Å². The van der Waals surface area contributed by atoms with Gasteiger partial charge in [0, 0.05) is 18.5 Å². The van der Waals surface area contributed by atoms with Crippen LogP contribution in [0.2, 0.25) is 0 Å². The molecule has 0 bridgehead atoms. The number of nitrogens with zero attached hydrogens (tertiary/aromatic N) is 3. The summed E-state index contributed by atoms with van der Waals surface area (Å²) < 4.78 is 4.92. The van der Waals surface area contributed by atoms with Crippen molar-refractivity contribution in [2.75, 3.05) is 0 Å². The first-order chi connectivity index (χ1) is 7.40. The summed E-state index contributed by atoms with van der Waals surface area (Å²) in [4.78, 5) is 8.33. The predicted molar refractivity (Wildman–Crippen MR) is 61.6 cm³/mol. The monoisotopic (exact) mass is 238 g/mol. The van der Waals surface area contributed by atoms with Crippen molar-refractivity contribution in [2.45, 2.75) is 16.6 Å². The second kappa shape index (κ2) is 5.20. The Hall–Kier alpha value is -0.980. The highest BCUT2D eigenvalue weighted by Crippen LogP contribution is 2.23. The highest BCUT2D eigenvalue weighted by Gasteiger charge is 2.03. The molecule has 0 saturated carbocycles. The Labute approximate surface area is 96.1 Å². The molecule has 2 aromatic heterocycles. The molecule has 78 valence electrons. The van der Waals surface area contributed by atoms with Crippen LogP contribution in [0.4, 0.5) is 0 Å². The van der Waals surface area contributed by atoms with Crippen LogP contribution in [0, 0.1) is 0 Å². The number of thioether (sulfide) groups is 1. The molecule has 0 unspecified atom stereocenters. The van der Waals surface area contributed by atoms with Gasteiger partial charge in [0.2, 0.25) is 0 Å². The van der Waals surface area contributed by atoms with E-state index in [9.17, 15) is 0 Å². The van der Waals surface area contributed by atoms with E-state index in [1.165, 1.54) is 17.1 Å². The van der Waals surface area contributed by atoms with Gasteiger partial charge in [-0.2, -0.15) is 4.37 Å². The molecule has 2 aromatic rings. The van der Waals surface area contributed by atoms with E-state index in [1.54, 1.807) is 24.3 Å². The van der Waals surface area contributed by atoms with Crippen LogP contribution in [-0.2, 0) is 12.3 Å². The molecular formula is C9H10N4S2. The van der Waals surface area contributed by atoms with Crippen LogP contribution in [0.25, 0.3) is 0 Å². The third-order valence-corrected chi connectivity index (χ3v) is 3.72. The average molecular weight is 238 g/mol. The lowest BCUT2D eigenvalue weighted by molar-refractivity contribution is 0.964. The van der Waals surface area contributed by atoms with Crippen molar-refractivity contribution in [2.24, 2.45) is 5.73 Å². The number of pyridine rings is 1. The van der Waals surface area contributed by atoms with Gasteiger partial charge in [-0.15, -0.1) is 0 Å². The fraction of sp³-hybridized carbons (Fsp3) is 0.222. The first-order valence-electron chi connectivity index (χ1n) is 4.42. The van der Waals surface area contributed by atoms with Crippen molar-refractivity contribution in [1.29, 1.82) is 0 Å². The quantitative estimate of drug-likeness (QED) is 0.821. The van der Waals surface area contributed by atoms with Crippen molar-refractivity contribution in [3.05, 3.63) is 35.9 Å². The zero-order chi connectivity index (χ0) is 10.5. The van der Waals surface area contributed by atoms with E-state index in [4.69, 9.17) is 5.73 Å². The molecule has 2 N–H and O–H groups in total. The first kappa shape index (κ1) is 10.5. The Bertz CT molecular complexity index is 416. The Morgan fingerprint density at radius 3 is 3.07 bits per heavy atom. The van der Waals surface area contributed by atoms with Crippen molar-refractivity contribution in [3.8, 4) is 0 Å². The molecule has 2 rings (SSSR count). The van der Waals surface area contributed by atoms with Crippen LogP contribution in [-0.4, -0.2) is 14.3 Å². The molecule has 15 heavy (non-hydrogen) atoms. The van der Waals surface area contributed by atoms with Gasteiger partial charge in [0.1, 0.15) is 6.33 Å². The number of hydrogen-bond acceptors (Lipinski definition) is 6. The molecular weight excluding hydrogens is 228 g/mol. The largest absolute Gasteiger partial charge is 0.325 e. The van der Waals surface area contributed by atoms with Gasteiger partial charge in [0.15, 0.2) is 4.34 Å². The van der Waals surface area contributed by atoms with Gasteiger partial charge < -0.3 is 5.73 Å². The maximum atomic E-state index is 5.60. The summed E-state index contributed by atoms with van der Waals surface area (Å²) in [7, 11) is 0. The maximum absolute atomic E-state index is 5.60. The molecule has 0 aliphatic rings. The summed E-state index contributed by atoms with van der Waals surface area (Å²) in [6.45, 7) is 0.479. The van der Waals surface area contributed by atoms with E-state index in [1.807, 2.05) is 12.1 Å². The minimum absolute atomic E-state index is 0.479. The van der Waals surface area contributed by atoms with E-state index in [-0.39, 0.29) is 0 Å². The van der Waals surface area contributed by atoms with E-state index < -0.39 is 0 Å². The molecule has 0 spiro atoms. The Balaban J connectivity index is 2.04. The van der Waals surface area contributed by atoms with Gasteiger partial charge in [-0.3, -0.25) is 4.98 Å². The summed E-state index contributed by atoms with van der Waals surface area (Å²) in [5.74, 6) is 0.843. The van der Waals surface area contributed by atoms with Gasteiger partial charge in [-0.25, -0.2) is 4.98 Å². The second-order valence-electron chi connectivity index (χ2n) is 2.81. The second-order valence-corrected chi connectivity index (χ2v) is 4.81. The molecule has 0 atom stereocenters. The Morgan fingerprint density at radius 1 is 1.40 bits per heavy atom. The average Bonchev–Trinajstić information content (AvgIpc) is 2.79. The first-order valence-corrected chi connectivity index (χ1v) is 6.18. The van der Waals surface area contributed by atoms with E-state index >= 15 is 0 Å². The SMILES string of the molecule is NCc1ncccc1CSc1ncns1. The van der Waals surface area contributed by atoms with E-state index in [2.05, 4.69) is 14.3 Å². The van der Waals surface area contributed by atoms with Crippen molar-refractivity contribution >= 4 is 23.3 Å². The molecule has 2 heterocycles. The van der Waals surface area contributed by atoms with Gasteiger partial charge in [-0.05, 0) is 23.2 Å². The van der Waals surface area contributed by atoms with Gasteiger partial charge in [-0.1, -0.05) is 17.8 Å². The zero-order valence-corrected chi connectivity index (χ0v) is 9.59. The van der Waals surface area contributed by atoms with Crippen molar-refractivity contribution in [3.63, 3.8) is 0 Å². The normalized spacial score (nSPS) is 10.5. The fourth-order valence-electron chi connectivity index (χ4n) is 1.15. The third kappa shape index (κ3) is 2.74. The Morgan fingerprint density at radius 2 is 2.33 bits per heavy atom. The van der Waals surface area contributed by atoms with E-state index in [0.717, 1.165) is 15.8 Å². The van der Waals surface area contributed by atoms with Gasteiger partial charge >= 0.3 is 0 Å². The van der Waals surface area contributed by atoms with Crippen molar-refractivity contribution < 1.29 is 0 Å². The van der Waals surface area contributed by atoms with Crippen LogP contribution < -0.4 is 5.73 Å². The van der Waals surface area contributed by atoms with Crippen LogP contribution in [0.15, 0.2) is 29.0 Å². The van der Waals surface area contributed by atoms with Crippen molar-refractivity contribution in [1.82, 2.24) is 14.3 Å². The minimum atomic E-state index is 0.479. The topological polar surface area (TPSA) is 64.7 Å². The number of hydrogen-bond donors (Lipinski definition) is 1. The summed E-state index contributed by atoms with van der Waals surface area (Å²) >= 11 is 3.06. The van der Waals surface area contributed by atoms with Gasteiger partial charge in [0.05, 0.1) is 5.69 Å². The van der Waals surface area contributed by atoms with Crippen LogP contribution in [0.1, 0.15) is 11.3 Å². The lowest BCUT2D eigenvalue weighted by Gasteiger charge is -2.03. The van der Waals surface area contributed by atoms with Gasteiger partial charge in [0.25, 0.3) is 0 Å². The molecule has 4 nitrogen and oxygen atoms in total. The molecule has 0 fully saturated rings. The number of aromatic nitrogens is 3. The zero-order valence-electron chi connectivity index (χ0n) is 7.96. The minimum Gasteiger partial charge on any atom is -0.325 e. The maximum Gasteiger partial charge on any atom is 0.170 e. The van der Waals surface area contributed by atoms with Crippen LogP contribution in [0.3, 0.4) is 0 Å². The smallest absolute Gasteiger partial charge is 0.170 e. The third-order valence-electron chi connectivity index (χ3n) is 1.87. The molecule has 6 heteroatoms. The summed E-state index contributed by atoms with van der Waals surface area (Å²) in [6.07, 6.45) is 3.33.